The fraction of sp³-hybridized carbons (Fsp3) is 0. The van der Waals surface area contributed by atoms with Crippen LogP contribution in [0, 0.1) is 0 Å². The Morgan fingerprint density at radius 1 is 1.27 bits per heavy atom. The van der Waals surface area contributed by atoms with Crippen LogP contribution >= 0.6 is 0 Å². The van der Waals surface area contributed by atoms with Gasteiger partial charge in [-0.15, -0.1) is 5.10 Å². The molecule has 0 spiro atoms. The monoisotopic (exact) mass is 199 g/mol. The number of carbonyl (C=O) groups is 1. The van der Waals surface area contributed by atoms with E-state index in [-0.39, 0.29) is 5.69 Å². The van der Waals surface area contributed by atoms with E-state index in [9.17, 15) is 4.79 Å². The van der Waals surface area contributed by atoms with Crippen LogP contribution < -0.4 is 0 Å². The zero-order chi connectivity index (χ0) is 10.3. The van der Waals surface area contributed by atoms with Gasteiger partial charge in [-0.05, 0) is 22.6 Å². The highest BCUT2D eigenvalue weighted by molar-refractivity contribution is 5.87. The van der Waals surface area contributed by atoms with E-state index in [0.717, 1.165) is 5.52 Å². The average molecular weight is 199 g/mol. The molecule has 72 valence electrons. The summed E-state index contributed by atoms with van der Waals surface area (Å²) in [4.78, 5) is 15.0. The quantitative estimate of drug-likeness (QED) is 0.533. The van der Waals surface area contributed by atoms with Gasteiger partial charge in [0.05, 0.1) is 11.0 Å². The fourth-order valence-corrected chi connectivity index (χ4v) is 1.51. The van der Waals surface area contributed by atoms with Gasteiger partial charge in [-0.25, -0.2) is 4.98 Å². The first-order valence-corrected chi connectivity index (χ1v) is 4.32. The van der Waals surface area contributed by atoms with Crippen LogP contribution in [0.25, 0.3) is 16.7 Å². The average Bonchev–Trinajstić information content (AvgIpc) is 2.77. The molecule has 6 nitrogen and oxygen atoms in total. The lowest BCUT2D eigenvalue weighted by Gasteiger charge is -1.99. The van der Waals surface area contributed by atoms with Gasteiger partial charge in [0.1, 0.15) is 0 Å². The van der Waals surface area contributed by atoms with Crippen LogP contribution in [0.4, 0.5) is 0 Å². The minimum atomic E-state index is 0.249. The topological polar surface area (TPSA) is 73.0 Å². The van der Waals surface area contributed by atoms with Gasteiger partial charge in [-0.2, -0.15) is 4.52 Å². The number of tetrazole rings is 1. The molecule has 1 aromatic carbocycles. The lowest BCUT2D eigenvalue weighted by Crippen LogP contribution is -1.98. The van der Waals surface area contributed by atoms with Gasteiger partial charge < -0.3 is 0 Å². The van der Waals surface area contributed by atoms with Crippen LogP contribution in [0.1, 0.15) is 10.5 Å². The van der Waals surface area contributed by atoms with Gasteiger partial charge in [-0.1, -0.05) is 12.1 Å². The largest absolute Gasteiger partial charge is 0.296 e. The molecule has 0 unspecified atom stereocenters. The predicted molar refractivity (Wildman–Crippen MR) is 51.5 cm³/mol. The van der Waals surface area contributed by atoms with Gasteiger partial charge in [0.25, 0.3) is 0 Å². The Bertz CT molecular complexity index is 660. The number of fused-ring (bicyclic) bond motifs is 3. The van der Waals surface area contributed by atoms with Crippen molar-refractivity contribution < 1.29 is 4.79 Å². The number of benzene rings is 1. The molecule has 6 heteroatoms. The van der Waals surface area contributed by atoms with Crippen molar-refractivity contribution in [3.05, 3.63) is 30.0 Å². The number of hydrogen-bond acceptors (Lipinski definition) is 5. The second kappa shape index (κ2) is 2.81. The van der Waals surface area contributed by atoms with Crippen LogP contribution in [0.2, 0.25) is 0 Å². The number of rotatable bonds is 1. The minimum absolute atomic E-state index is 0.249. The molecule has 0 aliphatic carbocycles. The summed E-state index contributed by atoms with van der Waals surface area (Å²) in [7, 11) is 0. The van der Waals surface area contributed by atoms with Crippen LogP contribution in [-0.2, 0) is 0 Å². The molecule has 15 heavy (non-hydrogen) atoms. The van der Waals surface area contributed by atoms with Crippen molar-refractivity contribution >= 4 is 23.0 Å². The van der Waals surface area contributed by atoms with E-state index in [4.69, 9.17) is 0 Å². The van der Waals surface area contributed by atoms with Crippen molar-refractivity contribution in [1.29, 1.82) is 0 Å². The molecule has 0 fully saturated rings. The molecule has 0 bridgehead atoms. The normalized spacial score (nSPS) is 10.9. The number of nitrogens with zero attached hydrogens (tertiary/aromatic N) is 5. The van der Waals surface area contributed by atoms with E-state index < -0.39 is 0 Å². The van der Waals surface area contributed by atoms with E-state index in [2.05, 4.69) is 20.5 Å². The zero-order valence-electron chi connectivity index (χ0n) is 7.53. The van der Waals surface area contributed by atoms with E-state index >= 15 is 0 Å². The smallest absolute Gasteiger partial charge is 0.208 e. The van der Waals surface area contributed by atoms with Crippen molar-refractivity contribution in [3.63, 3.8) is 0 Å². The summed E-state index contributed by atoms with van der Waals surface area (Å²) in [6.45, 7) is 0. The SMILES string of the molecule is O=Cc1nc2ccccc2n2nnnc12. The third-order valence-corrected chi connectivity index (χ3v) is 2.16. The van der Waals surface area contributed by atoms with Gasteiger partial charge >= 0.3 is 0 Å². The number of carbonyl (C=O) groups excluding carboxylic acids is 1. The summed E-state index contributed by atoms with van der Waals surface area (Å²) in [6.07, 6.45) is 0.651. The molecule has 0 aliphatic rings. The Morgan fingerprint density at radius 2 is 2.13 bits per heavy atom. The first-order chi connectivity index (χ1) is 7.40. The van der Waals surface area contributed by atoms with Crippen LogP contribution in [0.3, 0.4) is 0 Å². The third kappa shape index (κ3) is 1.01. The first kappa shape index (κ1) is 7.98. The third-order valence-electron chi connectivity index (χ3n) is 2.16. The predicted octanol–water partition coefficient (Wildman–Crippen LogP) is 0.485. The maximum Gasteiger partial charge on any atom is 0.208 e. The Kier molecular flexibility index (Phi) is 1.49. The maximum atomic E-state index is 10.8. The van der Waals surface area contributed by atoms with Gasteiger partial charge in [0.2, 0.25) is 5.65 Å². The number of aldehydes is 1. The molecule has 0 N–H and O–H groups in total. The number of aromatic nitrogens is 5. The first-order valence-electron chi connectivity index (χ1n) is 4.32. The molecular weight excluding hydrogens is 194 g/mol. The Morgan fingerprint density at radius 3 is 3.00 bits per heavy atom. The zero-order valence-corrected chi connectivity index (χ0v) is 7.53. The second-order valence-electron chi connectivity index (χ2n) is 3.02. The molecule has 2 heterocycles. The van der Waals surface area contributed by atoms with Gasteiger partial charge in [0.15, 0.2) is 12.0 Å². The standard InChI is InChI=1S/C9H5N5O/c15-5-7-9-11-12-13-14(9)8-4-2-1-3-6(8)10-7/h1-5H. The van der Waals surface area contributed by atoms with Gasteiger partial charge in [0, 0.05) is 0 Å². The van der Waals surface area contributed by atoms with Crippen LogP contribution in [0.15, 0.2) is 24.3 Å². The lowest BCUT2D eigenvalue weighted by atomic mass is 10.3. The van der Waals surface area contributed by atoms with E-state index in [1.54, 1.807) is 0 Å². The number of para-hydroxylation sites is 2. The highest BCUT2D eigenvalue weighted by Crippen LogP contribution is 2.13. The summed E-state index contributed by atoms with van der Waals surface area (Å²) >= 11 is 0. The molecular formula is C9H5N5O. The molecule has 0 aliphatic heterocycles. The maximum absolute atomic E-state index is 10.8. The highest BCUT2D eigenvalue weighted by atomic mass is 16.1. The fourth-order valence-electron chi connectivity index (χ4n) is 1.51. The van der Waals surface area contributed by atoms with E-state index in [1.165, 1.54) is 4.52 Å². The lowest BCUT2D eigenvalue weighted by molar-refractivity contribution is 0.112. The van der Waals surface area contributed by atoms with Crippen molar-refractivity contribution in [1.82, 2.24) is 25.0 Å². The molecule has 0 saturated heterocycles. The van der Waals surface area contributed by atoms with E-state index in [1.807, 2.05) is 24.3 Å². The molecule has 0 radical (unpaired) electrons. The molecule has 0 saturated carbocycles. The summed E-state index contributed by atoms with van der Waals surface area (Å²) in [5.41, 5.74) is 2.10. The molecule has 3 aromatic rings. The Labute approximate surface area is 83.5 Å². The van der Waals surface area contributed by atoms with Crippen molar-refractivity contribution in [2.75, 3.05) is 0 Å². The summed E-state index contributed by atoms with van der Waals surface area (Å²) in [5, 5.41) is 11.1. The van der Waals surface area contributed by atoms with Gasteiger partial charge in [-0.3, -0.25) is 4.79 Å². The van der Waals surface area contributed by atoms with Crippen molar-refractivity contribution in [3.8, 4) is 0 Å². The van der Waals surface area contributed by atoms with Crippen LogP contribution in [0.5, 0.6) is 0 Å². The Hall–Kier alpha value is -2.37. The second-order valence-corrected chi connectivity index (χ2v) is 3.02. The number of hydrogen-bond donors (Lipinski definition) is 0. The summed E-state index contributed by atoms with van der Waals surface area (Å²) in [5.74, 6) is 0. The minimum Gasteiger partial charge on any atom is -0.296 e. The Balaban J connectivity index is 2.62. The van der Waals surface area contributed by atoms with Crippen molar-refractivity contribution in [2.45, 2.75) is 0 Å². The summed E-state index contributed by atoms with van der Waals surface area (Å²) in [6, 6.07) is 7.37. The van der Waals surface area contributed by atoms with Crippen LogP contribution in [-0.4, -0.2) is 31.3 Å². The van der Waals surface area contributed by atoms with E-state index in [0.29, 0.717) is 17.5 Å². The molecule has 3 rings (SSSR count). The molecule has 0 amide bonds. The van der Waals surface area contributed by atoms with Crippen molar-refractivity contribution in [2.24, 2.45) is 0 Å². The summed E-state index contributed by atoms with van der Waals surface area (Å²) < 4.78 is 1.51. The molecule has 0 atom stereocenters. The molecule has 2 aromatic heterocycles. The highest BCUT2D eigenvalue weighted by Gasteiger charge is 2.09.